The third-order valence-electron chi connectivity index (χ3n) is 1.70. The van der Waals surface area contributed by atoms with Crippen LogP contribution in [0.25, 0.3) is 0 Å². The second-order valence-corrected chi connectivity index (χ2v) is 3.74. The number of nitrogens with one attached hydrogen (secondary N) is 1. The first kappa shape index (κ1) is 25.9. The Balaban J connectivity index is -0.000000326. The van der Waals surface area contributed by atoms with Gasteiger partial charge in [-0.15, -0.1) is 0 Å². The molecule has 0 aliphatic rings. The molecular weight excluding hydrogens is 363 g/mol. The number of hydrogen-bond acceptors (Lipinski definition) is 5. The minimum absolute atomic E-state index is 0. The Hall–Kier alpha value is -0.986. The number of carbonyl (C=O) groups is 1. The van der Waals surface area contributed by atoms with Crippen molar-refractivity contribution in [3.8, 4) is 0 Å². The van der Waals surface area contributed by atoms with Crippen molar-refractivity contribution in [3.05, 3.63) is 19.1 Å². The Morgan fingerprint density at radius 1 is 1.36 bits per heavy atom. The van der Waals surface area contributed by atoms with Gasteiger partial charge in [0.2, 0.25) is 0 Å². The summed E-state index contributed by atoms with van der Waals surface area (Å²) < 4.78 is 4.46. The van der Waals surface area contributed by atoms with Crippen molar-refractivity contribution in [1.82, 2.24) is 5.32 Å². The second-order valence-electron chi connectivity index (χ2n) is 3.74. The number of hydrogen-bond donors (Lipinski definition) is 4. The number of rotatable bonds is 6. The van der Waals surface area contributed by atoms with Crippen LogP contribution in [0, 0.1) is 6.92 Å². The van der Waals surface area contributed by atoms with Gasteiger partial charge in [0.1, 0.15) is 6.61 Å². The Labute approximate surface area is 157 Å². The molecular formula is C13H26N5O3Y-. The van der Waals surface area contributed by atoms with Gasteiger partial charge in [0.25, 0.3) is 0 Å². The molecule has 0 aromatic heterocycles. The largest absolute Gasteiger partial charge is 0.460 e. The fourth-order valence-electron chi connectivity index (χ4n) is 0.842. The number of aliphatic hydroxyl groups is 1. The molecule has 125 valence electrons. The Bertz CT molecular complexity index is 373. The molecule has 0 aliphatic carbocycles. The van der Waals surface area contributed by atoms with Crippen LogP contribution in [0.3, 0.4) is 0 Å². The maximum absolute atomic E-state index is 10.5. The van der Waals surface area contributed by atoms with E-state index in [1.165, 1.54) is 0 Å². The van der Waals surface area contributed by atoms with Gasteiger partial charge in [-0.25, -0.2) is 4.79 Å². The number of aliphatic imine (C=N–C) groups is 2. The van der Waals surface area contributed by atoms with Gasteiger partial charge in [-0.05, 0) is 13.8 Å². The maximum Gasteiger partial charge on any atom is 0.333 e. The fourth-order valence-corrected chi connectivity index (χ4v) is 0.842. The van der Waals surface area contributed by atoms with Crippen LogP contribution < -0.4 is 16.8 Å². The van der Waals surface area contributed by atoms with Gasteiger partial charge in [-0.2, -0.15) is 6.42 Å². The molecule has 0 aromatic rings. The predicted octanol–water partition coefficient (Wildman–Crippen LogP) is -0.455. The zero-order valence-corrected chi connectivity index (χ0v) is 16.2. The van der Waals surface area contributed by atoms with Crippen molar-refractivity contribution in [1.29, 1.82) is 0 Å². The van der Waals surface area contributed by atoms with Crippen molar-refractivity contribution in [3.63, 3.8) is 0 Å². The van der Waals surface area contributed by atoms with Crippen LogP contribution in [0.5, 0.6) is 0 Å². The minimum atomic E-state index is -0.455. The first-order chi connectivity index (χ1) is 9.88. The molecule has 0 saturated carbocycles. The van der Waals surface area contributed by atoms with Gasteiger partial charge < -0.3 is 28.2 Å². The summed E-state index contributed by atoms with van der Waals surface area (Å²) >= 11 is 0. The molecule has 0 bridgehead atoms. The van der Waals surface area contributed by atoms with Gasteiger partial charge in [0.15, 0.2) is 11.9 Å². The molecule has 6 N–H and O–H groups in total. The van der Waals surface area contributed by atoms with Crippen LogP contribution in [0.15, 0.2) is 22.1 Å². The number of guanidine groups is 2. The Morgan fingerprint density at radius 3 is 2.32 bits per heavy atom. The standard InChI is InChI=1S/C7H16N5.C6H10O3.Y/c1-3-5-11-7(9)12-6(8)10-4-2;1-5(2)6(8)9-4-3-7;/h1,3-5H2,2H3,(H5,8,9,10,11,12);7H,1,3-4H2,2H3;/q-1;;. The van der Waals surface area contributed by atoms with Gasteiger partial charge in [0.05, 0.1) is 6.61 Å². The molecule has 0 rings (SSSR count). The molecule has 0 fully saturated rings. The molecule has 8 nitrogen and oxygen atoms in total. The first-order valence-electron chi connectivity index (χ1n) is 6.48. The Morgan fingerprint density at radius 2 is 1.91 bits per heavy atom. The van der Waals surface area contributed by atoms with Crippen LogP contribution in [0.4, 0.5) is 0 Å². The van der Waals surface area contributed by atoms with Crippen LogP contribution in [-0.2, 0) is 42.2 Å². The fraction of sp³-hybridized carbons (Fsp3) is 0.538. The second kappa shape index (κ2) is 18.1. The number of aliphatic hydroxyl groups excluding tert-OH is 1. The molecule has 0 spiro atoms. The van der Waals surface area contributed by atoms with Crippen LogP contribution in [0.1, 0.15) is 20.3 Å². The third-order valence-corrected chi connectivity index (χ3v) is 1.70. The Kier molecular flexibility index (Phi) is 21.3. The minimum Gasteiger partial charge on any atom is -0.460 e. The summed E-state index contributed by atoms with van der Waals surface area (Å²) in [6, 6.07) is 0. The van der Waals surface area contributed by atoms with E-state index >= 15 is 0 Å². The molecule has 0 amide bonds. The van der Waals surface area contributed by atoms with Crippen molar-refractivity contribution in [2.75, 3.05) is 26.3 Å². The smallest absolute Gasteiger partial charge is 0.333 e. The quantitative estimate of drug-likeness (QED) is 0.160. The van der Waals surface area contributed by atoms with Crippen molar-refractivity contribution in [2.45, 2.75) is 20.3 Å². The molecule has 0 unspecified atom stereocenters. The summed E-state index contributed by atoms with van der Waals surface area (Å²) in [4.78, 5) is 18.3. The van der Waals surface area contributed by atoms with Gasteiger partial charge in [-0.3, -0.25) is 15.3 Å². The van der Waals surface area contributed by atoms with Crippen LogP contribution in [-0.4, -0.2) is 49.3 Å². The van der Waals surface area contributed by atoms with E-state index in [1.807, 2.05) is 6.92 Å². The van der Waals surface area contributed by atoms with E-state index in [1.54, 1.807) is 6.92 Å². The normalized spacial score (nSPS) is 10.7. The average molecular weight is 389 g/mol. The molecule has 0 atom stereocenters. The summed E-state index contributed by atoms with van der Waals surface area (Å²) in [5.74, 6) is 0.125. The molecule has 22 heavy (non-hydrogen) atoms. The van der Waals surface area contributed by atoms with Crippen molar-refractivity contribution in [2.24, 2.45) is 21.5 Å². The third kappa shape index (κ3) is 19.0. The number of esters is 1. The number of carbonyl (C=O) groups excluding carboxylic acids is 1. The first-order valence-corrected chi connectivity index (χ1v) is 6.48. The molecule has 1 radical (unpaired) electrons. The van der Waals surface area contributed by atoms with E-state index in [9.17, 15) is 4.79 Å². The molecule has 0 saturated heterocycles. The van der Waals surface area contributed by atoms with Gasteiger partial charge >= 0.3 is 5.97 Å². The number of ether oxygens (including phenoxy) is 1. The van der Waals surface area contributed by atoms with Crippen molar-refractivity contribution < 1.29 is 47.3 Å². The topological polar surface area (TPSA) is 135 Å². The number of nitrogens with zero attached hydrogens (tertiary/aromatic N) is 2. The maximum atomic E-state index is 10.5. The summed E-state index contributed by atoms with van der Waals surface area (Å²) in [6.07, 6.45) is 0.715. The van der Waals surface area contributed by atoms with Crippen LogP contribution >= 0.6 is 0 Å². The van der Waals surface area contributed by atoms with E-state index in [4.69, 9.17) is 16.6 Å². The average Bonchev–Trinajstić information content (AvgIpc) is 2.43. The summed E-state index contributed by atoms with van der Waals surface area (Å²) in [6.45, 7) is 11.5. The van der Waals surface area contributed by atoms with E-state index in [0.717, 1.165) is 0 Å². The zero-order chi connectivity index (χ0) is 16.7. The van der Waals surface area contributed by atoms with E-state index in [0.29, 0.717) is 31.0 Å². The molecule has 9 heteroatoms. The van der Waals surface area contributed by atoms with E-state index in [2.05, 4.69) is 33.5 Å². The van der Waals surface area contributed by atoms with Gasteiger partial charge in [0, 0.05) is 51.4 Å². The predicted molar refractivity (Wildman–Crippen MR) is 84.6 cm³/mol. The van der Waals surface area contributed by atoms with Gasteiger partial charge in [-0.1, -0.05) is 6.58 Å². The number of nitrogens with two attached hydrogens (primary N) is 2. The summed E-state index contributed by atoms with van der Waals surface area (Å²) in [7, 11) is 0. The molecule has 0 aliphatic heterocycles. The zero-order valence-electron chi connectivity index (χ0n) is 13.3. The molecule has 0 heterocycles. The van der Waals surface area contributed by atoms with E-state index in [-0.39, 0.29) is 51.9 Å². The summed E-state index contributed by atoms with van der Waals surface area (Å²) in [5, 5.41) is 10.8. The molecule has 0 aromatic carbocycles. The van der Waals surface area contributed by atoms with Crippen molar-refractivity contribution >= 4 is 17.9 Å². The van der Waals surface area contributed by atoms with E-state index < -0.39 is 5.97 Å². The SMILES string of the molecule is C=C(C)C(=O)OCCO.[CH2-]CCN=C(N)NC(N)=NCC.[Y]. The monoisotopic (exact) mass is 389 g/mol. The van der Waals surface area contributed by atoms with Crippen LogP contribution in [0.2, 0.25) is 0 Å². The summed E-state index contributed by atoms with van der Waals surface area (Å²) in [5.41, 5.74) is 11.2.